The SMILES string of the molecule is COc1cc(N2CCC[C@@H](c3nccn3Cc3cscn3)C2)nc(N)n1. The zero-order chi connectivity index (χ0) is 17.9. The van der Waals surface area contributed by atoms with Gasteiger partial charge >= 0.3 is 0 Å². The molecular weight excluding hydrogens is 350 g/mol. The van der Waals surface area contributed by atoms with Crippen molar-refractivity contribution in [3.8, 4) is 5.88 Å². The van der Waals surface area contributed by atoms with E-state index in [1.807, 2.05) is 24.0 Å². The number of anilines is 2. The van der Waals surface area contributed by atoms with Crippen molar-refractivity contribution in [1.29, 1.82) is 0 Å². The van der Waals surface area contributed by atoms with Crippen molar-refractivity contribution in [3.63, 3.8) is 0 Å². The van der Waals surface area contributed by atoms with Crippen LogP contribution in [0.4, 0.5) is 11.8 Å². The summed E-state index contributed by atoms with van der Waals surface area (Å²) in [4.78, 5) is 19.7. The van der Waals surface area contributed by atoms with Crippen molar-refractivity contribution in [1.82, 2.24) is 24.5 Å². The van der Waals surface area contributed by atoms with E-state index >= 15 is 0 Å². The number of imidazole rings is 1. The molecule has 0 unspecified atom stereocenters. The molecule has 4 rings (SSSR count). The van der Waals surface area contributed by atoms with Gasteiger partial charge in [0.15, 0.2) is 0 Å². The summed E-state index contributed by atoms with van der Waals surface area (Å²) in [6.45, 7) is 2.53. The third-order valence-electron chi connectivity index (χ3n) is 4.59. The highest BCUT2D eigenvalue weighted by Gasteiger charge is 2.26. The van der Waals surface area contributed by atoms with Crippen LogP contribution in [0, 0.1) is 0 Å². The fourth-order valence-corrected chi connectivity index (χ4v) is 3.95. The highest BCUT2D eigenvalue weighted by atomic mass is 32.1. The Kier molecular flexibility index (Phi) is 4.70. The van der Waals surface area contributed by atoms with Crippen LogP contribution in [0.1, 0.15) is 30.3 Å². The minimum absolute atomic E-state index is 0.228. The van der Waals surface area contributed by atoms with Gasteiger partial charge in [0.2, 0.25) is 11.8 Å². The lowest BCUT2D eigenvalue weighted by Gasteiger charge is -2.33. The van der Waals surface area contributed by atoms with Crippen LogP contribution in [0.2, 0.25) is 0 Å². The van der Waals surface area contributed by atoms with Gasteiger partial charge in [0, 0.05) is 42.8 Å². The summed E-state index contributed by atoms with van der Waals surface area (Å²) in [5.41, 5.74) is 8.75. The number of nitrogens with two attached hydrogens (primary N) is 1. The van der Waals surface area contributed by atoms with Crippen molar-refractivity contribution in [2.45, 2.75) is 25.3 Å². The van der Waals surface area contributed by atoms with Gasteiger partial charge in [-0.25, -0.2) is 9.97 Å². The molecule has 1 aliphatic heterocycles. The Hall–Kier alpha value is -2.68. The molecule has 1 aliphatic rings. The first kappa shape index (κ1) is 16.8. The number of hydrogen-bond acceptors (Lipinski definition) is 8. The van der Waals surface area contributed by atoms with E-state index in [2.05, 4.69) is 34.8 Å². The molecule has 9 heteroatoms. The summed E-state index contributed by atoms with van der Waals surface area (Å²) in [6.07, 6.45) is 6.06. The summed E-state index contributed by atoms with van der Waals surface area (Å²) in [5.74, 6) is 2.94. The summed E-state index contributed by atoms with van der Waals surface area (Å²) in [6, 6.07) is 1.83. The fraction of sp³-hybridized carbons (Fsp3) is 0.412. The zero-order valence-electron chi connectivity index (χ0n) is 14.6. The lowest BCUT2D eigenvalue weighted by Crippen LogP contribution is -2.36. The quantitative estimate of drug-likeness (QED) is 0.734. The summed E-state index contributed by atoms with van der Waals surface area (Å²) in [7, 11) is 1.58. The third-order valence-corrected chi connectivity index (χ3v) is 5.22. The van der Waals surface area contributed by atoms with E-state index in [1.165, 1.54) is 0 Å². The van der Waals surface area contributed by atoms with Crippen molar-refractivity contribution in [2.75, 3.05) is 30.8 Å². The average Bonchev–Trinajstić information content (AvgIpc) is 3.34. The van der Waals surface area contributed by atoms with E-state index in [-0.39, 0.29) is 5.95 Å². The third kappa shape index (κ3) is 3.48. The maximum absolute atomic E-state index is 5.82. The van der Waals surface area contributed by atoms with Crippen molar-refractivity contribution >= 4 is 23.1 Å². The molecule has 4 heterocycles. The Labute approximate surface area is 155 Å². The van der Waals surface area contributed by atoms with Gasteiger partial charge in [0.1, 0.15) is 11.6 Å². The molecule has 8 nitrogen and oxygen atoms in total. The number of methoxy groups -OCH3 is 1. The molecular formula is C17H21N7OS. The number of piperidine rings is 1. The number of nitrogen functional groups attached to an aromatic ring is 1. The van der Waals surface area contributed by atoms with Crippen LogP contribution in [-0.2, 0) is 6.54 Å². The lowest BCUT2D eigenvalue weighted by molar-refractivity contribution is 0.397. The van der Waals surface area contributed by atoms with Gasteiger partial charge in [0.25, 0.3) is 0 Å². The predicted molar refractivity (Wildman–Crippen MR) is 101 cm³/mol. The zero-order valence-corrected chi connectivity index (χ0v) is 15.4. The molecule has 0 saturated carbocycles. The van der Waals surface area contributed by atoms with E-state index < -0.39 is 0 Å². The van der Waals surface area contributed by atoms with Crippen molar-refractivity contribution in [2.24, 2.45) is 0 Å². The van der Waals surface area contributed by atoms with Crippen LogP contribution in [0.5, 0.6) is 5.88 Å². The first-order valence-electron chi connectivity index (χ1n) is 8.54. The van der Waals surface area contributed by atoms with Crippen molar-refractivity contribution < 1.29 is 4.74 Å². The van der Waals surface area contributed by atoms with E-state index in [1.54, 1.807) is 18.4 Å². The number of thiazole rings is 1. The second-order valence-corrected chi connectivity index (χ2v) is 7.02. The van der Waals surface area contributed by atoms with E-state index in [4.69, 9.17) is 10.5 Å². The van der Waals surface area contributed by atoms with E-state index in [9.17, 15) is 0 Å². The van der Waals surface area contributed by atoms with Crippen LogP contribution < -0.4 is 15.4 Å². The average molecular weight is 371 g/mol. The summed E-state index contributed by atoms with van der Waals surface area (Å²) < 4.78 is 7.42. The normalized spacial score (nSPS) is 17.4. The Bertz CT molecular complexity index is 864. The van der Waals surface area contributed by atoms with Crippen LogP contribution in [0.15, 0.2) is 29.4 Å². The molecule has 1 atom stereocenters. The van der Waals surface area contributed by atoms with Gasteiger partial charge in [0.05, 0.1) is 24.9 Å². The van der Waals surface area contributed by atoms with Crippen LogP contribution in [-0.4, -0.2) is 44.7 Å². The summed E-state index contributed by atoms with van der Waals surface area (Å²) in [5, 5.41) is 2.08. The Morgan fingerprint density at radius 3 is 3.08 bits per heavy atom. The van der Waals surface area contributed by atoms with Crippen LogP contribution in [0.3, 0.4) is 0 Å². The molecule has 0 spiro atoms. The number of ether oxygens (including phenoxy) is 1. The number of hydrogen-bond donors (Lipinski definition) is 1. The molecule has 1 saturated heterocycles. The maximum Gasteiger partial charge on any atom is 0.225 e. The van der Waals surface area contributed by atoms with Gasteiger partial charge in [-0.1, -0.05) is 0 Å². The predicted octanol–water partition coefficient (Wildman–Crippen LogP) is 2.15. The molecule has 1 fully saturated rings. The summed E-state index contributed by atoms with van der Waals surface area (Å²) >= 11 is 1.61. The molecule has 0 aromatic carbocycles. The monoisotopic (exact) mass is 371 g/mol. The van der Waals surface area contributed by atoms with Gasteiger partial charge < -0.3 is 19.9 Å². The Morgan fingerprint density at radius 2 is 2.27 bits per heavy atom. The first-order chi connectivity index (χ1) is 12.7. The van der Waals surface area contributed by atoms with Gasteiger partial charge in [-0.2, -0.15) is 9.97 Å². The smallest absolute Gasteiger partial charge is 0.225 e. The van der Waals surface area contributed by atoms with E-state index in [0.717, 1.165) is 49.8 Å². The second kappa shape index (κ2) is 7.28. The molecule has 0 amide bonds. The van der Waals surface area contributed by atoms with Gasteiger partial charge in [-0.15, -0.1) is 11.3 Å². The standard InChI is InChI=1S/C17H21N7OS/c1-25-15-7-14(21-17(18)22-15)23-5-2-3-12(8-23)16-19-4-6-24(16)9-13-10-26-11-20-13/h4,6-7,10-12H,2-3,5,8-9H2,1H3,(H2,18,21,22)/t12-/m1/s1. The van der Waals surface area contributed by atoms with Crippen molar-refractivity contribution in [3.05, 3.63) is 40.9 Å². The Morgan fingerprint density at radius 1 is 1.35 bits per heavy atom. The Balaban J connectivity index is 1.54. The molecule has 136 valence electrons. The number of aromatic nitrogens is 5. The molecule has 26 heavy (non-hydrogen) atoms. The maximum atomic E-state index is 5.82. The lowest BCUT2D eigenvalue weighted by atomic mass is 9.97. The molecule has 0 aliphatic carbocycles. The fourth-order valence-electron chi connectivity index (χ4n) is 3.40. The van der Waals surface area contributed by atoms with E-state index in [0.29, 0.717) is 11.8 Å². The van der Waals surface area contributed by atoms with Gasteiger partial charge in [-0.3, -0.25) is 0 Å². The molecule has 2 N–H and O–H groups in total. The topological polar surface area (TPSA) is 95.0 Å². The highest BCUT2D eigenvalue weighted by Crippen LogP contribution is 2.30. The second-order valence-electron chi connectivity index (χ2n) is 6.30. The van der Waals surface area contributed by atoms with Crippen LogP contribution >= 0.6 is 11.3 Å². The molecule has 3 aromatic heterocycles. The number of rotatable bonds is 5. The molecule has 3 aromatic rings. The minimum Gasteiger partial charge on any atom is -0.481 e. The minimum atomic E-state index is 0.228. The largest absolute Gasteiger partial charge is 0.481 e. The molecule has 0 bridgehead atoms. The number of nitrogens with zero attached hydrogens (tertiary/aromatic N) is 6. The first-order valence-corrected chi connectivity index (χ1v) is 9.49. The molecule has 0 radical (unpaired) electrons. The van der Waals surface area contributed by atoms with Gasteiger partial charge in [-0.05, 0) is 12.8 Å². The highest BCUT2D eigenvalue weighted by molar-refractivity contribution is 7.07. The van der Waals surface area contributed by atoms with Crippen LogP contribution in [0.25, 0.3) is 0 Å².